The Hall–Kier alpha value is -3.10. The summed E-state index contributed by atoms with van der Waals surface area (Å²) in [6.07, 6.45) is 10.8. The van der Waals surface area contributed by atoms with Gasteiger partial charge in [0.2, 0.25) is 0 Å². The molecule has 1 nitrogen and oxygen atoms in total. The minimum absolute atomic E-state index is 0.0631. The molecule has 0 N–H and O–H groups in total. The zero-order valence-electron chi connectivity index (χ0n) is 18.8. The second kappa shape index (κ2) is 10.5. The summed E-state index contributed by atoms with van der Waals surface area (Å²) in [5.74, 6) is 7.56. The molecule has 3 aromatic carbocycles. The van der Waals surface area contributed by atoms with E-state index in [2.05, 4.69) is 43.0 Å². The van der Waals surface area contributed by atoms with Crippen LogP contribution in [-0.4, -0.2) is 0 Å². The van der Waals surface area contributed by atoms with Crippen molar-refractivity contribution < 1.29 is 4.39 Å². The van der Waals surface area contributed by atoms with Gasteiger partial charge in [-0.15, -0.1) is 0 Å². The van der Waals surface area contributed by atoms with Gasteiger partial charge in [-0.05, 0) is 67.3 Å². The topological polar surface area (TPSA) is 23.8 Å². The smallest absolute Gasteiger partial charge is 0.148 e. The van der Waals surface area contributed by atoms with E-state index in [1.807, 2.05) is 12.1 Å². The molecule has 2 heteroatoms. The molecule has 3 aromatic rings. The van der Waals surface area contributed by atoms with E-state index in [1.54, 1.807) is 18.2 Å². The number of nitriles is 1. The number of rotatable bonds is 5. The molecule has 0 unspecified atom stereocenters. The van der Waals surface area contributed by atoms with E-state index in [0.717, 1.165) is 22.4 Å². The normalized spacial score (nSPS) is 18.0. The number of nitrogens with zero attached hydrogens (tertiary/aromatic N) is 1. The van der Waals surface area contributed by atoms with Crippen molar-refractivity contribution in [2.75, 3.05) is 0 Å². The van der Waals surface area contributed by atoms with Gasteiger partial charge in [0.15, 0.2) is 0 Å². The van der Waals surface area contributed by atoms with E-state index in [0.29, 0.717) is 11.3 Å². The molecule has 1 fully saturated rings. The third-order valence-electron chi connectivity index (χ3n) is 6.90. The van der Waals surface area contributed by atoms with E-state index in [9.17, 15) is 4.39 Å². The lowest BCUT2D eigenvalue weighted by Crippen LogP contribution is -2.13. The monoisotopic (exact) mass is 423 g/mol. The molecule has 0 bridgehead atoms. The number of hydrogen-bond acceptors (Lipinski definition) is 1. The van der Waals surface area contributed by atoms with Crippen LogP contribution in [-0.2, 0) is 0 Å². The summed E-state index contributed by atoms with van der Waals surface area (Å²) >= 11 is 0. The van der Waals surface area contributed by atoms with Crippen molar-refractivity contribution in [3.05, 3.63) is 82.7 Å². The number of hydrogen-bond donors (Lipinski definition) is 0. The summed E-state index contributed by atoms with van der Waals surface area (Å²) in [6.45, 7) is 2.28. The summed E-state index contributed by atoms with van der Waals surface area (Å²) in [5, 5.41) is 10.2. The zero-order valence-corrected chi connectivity index (χ0v) is 18.8. The lowest BCUT2D eigenvalue weighted by atomic mass is 9.77. The Labute approximate surface area is 191 Å². The zero-order chi connectivity index (χ0) is 22.3. The molecule has 1 aliphatic rings. The Balaban J connectivity index is 1.44. The summed E-state index contributed by atoms with van der Waals surface area (Å²) in [4.78, 5) is 0. The fourth-order valence-electron chi connectivity index (χ4n) is 4.96. The number of fused-ring (bicyclic) bond motifs is 1. The first-order chi connectivity index (χ1) is 15.7. The van der Waals surface area contributed by atoms with E-state index < -0.39 is 5.82 Å². The van der Waals surface area contributed by atoms with E-state index in [4.69, 9.17) is 5.26 Å². The van der Waals surface area contributed by atoms with Crippen LogP contribution >= 0.6 is 0 Å². The molecule has 0 aliphatic heterocycles. The average molecular weight is 424 g/mol. The van der Waals surface area contributed by atoms with Crippen LogP contribution in [0.2, 0.25) is 0 Å². The maximum absolute atomic E-state index is 14.5. The van der Waals surface area contributed by atoms with Crippen LogP contribution in [0.4, 0.5) is 4.39 Å². The second-order valence-electron chi connectivity index (χ2n) is 9.03. The quantitative estimate of drug-likeness (QED) is 0.300. The first kappa shape index (κ1) is 22.1. The highest BCUT2D eigenvalue weighted by molar-refractivity contribution is 5.90. The van der Waals surface area contributed by atoms with Crippen molar-refractivity contribution in [3.8, 4) is 17.9 Å². The first-order valence-corrected chi connectivity index (χ1v) is 11.9. The van der Waals surface area contributed by atoms with E-state index >= 15 is 0 Å². The third-order valence-corrected chi connectivity index (χ3v) is 6.90. The summed E-state index contributed by atoms with van der Waals surface area (Å²) in [6, 6.07) is 19.3. The summed E-state index contributed by atoms with van der Waals surface area (Å²) in [7, 11) is 0. The predicted octanol–water partition coefficient (Wildman–Crippen LogP) is 8.10. The van der Waals surface area contributed by atoms with Crippen LogP contribution in [0.25, 0.3) is 10.8 Å². The SMILES string of the molecule is CCCCCC1CCC(c2ccc(C#Cc3cccc4c(F)c(C#N)ccc34)cc2)CC1. The van der Waals surface area contributed by atoms with Gasteiger partial charge in [-0.25, -0.2) is 4.39 Å². The van der Waals surface area contributed by atoms with Gasteiger partial charge in [-0.2, -0.15) is 5.26 Å². The molecule has 32 heavy (non-hydrogen) atoms. The molecular weight excluding hydrogens is 393 g/mol. The Bertz CT molecular complexity index is 1170. The molecule has 0 atom stereocenters. The first-order valence-electron chi connectivity index (χ1n) is 11.9. The van der Waals surface area contributed by atoms with Crippen molar-refractivity contribution in [2.45, 2.75) is 64.2 Å². The lowest BCUT2D eigenvalue weighted by Gasteiger charge is -2.29. The largest absolute Gasteiger partial charge is 0.205 e. The molecular formula is C30H30FN. The molecule has 0 amide bonds. The average Bonchev–Trinajstić information content (AvgIpc) is 2.84. The van der Waals surface area contributed by atoms with Gasteiger partial charge in [0.05, 0.1) is 5.56 Å². The van der Waals surface area contributed by atoms with Crippen LogP contribution in [0.15, 0.2) is 54.6 Å². The van der Waals surface area contributed by atoms with Crippen molar-refractivity contribution in [3.63, 3.8) is 0 Å². The highest BCUT2D eigenvalue weighted by Crippen LogP contribution is 2.37. The summed E-state index contributed by atoms with van der Waals surface area (Å²) < 4.78 is 14.5. The molecule has 0 radical (unpaired) electrons. The minimum Gasteiger partial charge on any atom is -0.205 e. The molecule has 1 aliphatic carbocycles. The fraction of sp³-hybridized carbons (Fsp3) is 0.367. The second-order valence-corrected chi connectivity index (χ2v) is 9.03. The van der Waals surface area contributed by atoms with Gasteiger partial charge in [0, 0.05) is 21.9 Å². The Morgan fingerprint density at radius 1 is 0.844 bits per heavy atom. The number of unbranched alkanes of at least 4 members (excludes halogenated alkanes) is 2. The fourth-order valence-corrected chi connectivity index (χ4v) is 4.96. The van der Waals surface area contributed by atoms with Crippen molar-refractivity contribution >= 4 is 10.8 Å². The highest BCUT2D eigenvalue weighted by atomic mass is 19.1. The lowest BCUT2D eigenvalue weighted by molar-refractivity contribution is 0.303. The molecule has 1 saturated carbocycles. The van der Waals surface area contributed by atoms with Crippen molar-refractivity contribution in [1.29, 1.82) is 5.26 Å². The minimum atomic E-state index is -0.474. The van der Waals surface area contributed by atoms with Crippen LogP contribution in [0.1, 0.15) is 86.5 Å². The maximum atomic E-state index is 14.5. The van der Waals surface area contributed by atoms with Crippen LogP contribution in [0.5, 0.6) is 0 Å². The van der Waals surface area contributed by atoms with Gasteiger partial charge in [-0.3, -0.25) is 0 Å². The van der Waals surface area contributed by atoms with Crippen LogP contribution < -0.4 is 0 Å². The van der Waals surface area contributed by atoms with E-state index in [-0.39, 0.29) is 5.56 Å². The van der Waals surface area contributed by atoms with Gasteiger partial charge in [-0.1, -0.05) is 74.8 Å². The Morgan fingerprint density at radius 2 is 1.62 bits per heavy atom. The van der Waals surface area contributed by atoms with Gasteiger partial charge in [0.1, 0.15) is 11.9 Å². The molecule has 0 saturated heterocycles. The number of halogens is 1. The molecule has 0 heterocycles. The van der Waals surface area contributed by atoms with Crippen molar-refractivity contribution in [1.82, 2.24) is 0 Å². The van der Waals surface area contributed by atoms with Crippen LogP contribution in [0, 0.1) is 34.9 Å². The maximum Gasteiger partial charge on any atom is 0.148 e. The Morgan fingerprint density at radius 3 is 2.34 bits per heavy atom. The Kier molecular flexibility index (Phi) is 7.24. The molecule has 0 spiro atoms. The molecule has 4 rings (SSSR count). The predicted molar refractivity (Wildman–Crippen MR) is 130 cm³/mol. The van der Waals surface area contributed by atoms with Crippen LogP contribution in [0.3, 0.4) is 0 Å². The van der Waals surface area contributed by atoms with Gasteiger partial charge < -0.3 is 0 Å². The third kappa shape index (κ3) is 5.03. The van der Waals surface area contributed by atoms with Gasteiger partial charge in [0.25, 0.3) is 0 Å². The molecule has 0 aromatic heterocycles. The molecule has 162 valence electrons. The standard InChI is InChI=1S/C30H30FN/c1-2-3-4-6-22-9-14-24(15-10-22)25-16-11-23(12-17-25)13-18-26-7-5-8-29-28(26)20-19-27(21-32)30(29)31/h5,7-8,11-12,16-17,19-20,22,24H,2-4,6,9-10,14-15H2,1H3. The number of benzene rings is 3. The highest BCUT2D eigenvalue weighted by Gasteiger charge is 2.21. The summed E-state index contributed by atoms with van der Waals surface area (Å²) in [5.41, 5.74) is 3.23. The van der Waals surface area contributed by atoms with Gasteiger partial charge >= 0.3 is 0 Å². The van der Waals surface area contributed by atoms with E-state index in [1.165, 1.54) is 63.0 Å². The van der Waals surface area contributed by atoms with Crippen molar-refractivity contribution in [2.24, 2.45) is 5.92 Å².